The summed E-state index contributed by atoms with van der Waals surface area (Å²) in [5.41, 5.74) is 0.876. The number of nitrogens with zero attached hydrogens (tertiary/aromatic N) is 1. The Morgan fingerprint density at radius 1 is 1.40 bits per heavy atom. The van der Waals surface area contributed by atoms with Gasteiger partial charge < -0.3 is 9.63 Å². The fourth-order valence-electron chi connectivity index (χ4n) is 1.58. The van der Waals surface area contributed by atoms with E-state index in [0.717, 1.165) is 6.07 Å². The standard InChI is InChI=1S/C12H12N2O5S/c1-8-2-3-10(6-11(8)12(15)16)20(17,18)13-7-9-4-5-19-14-9/h2-6,13H,7H2,1H3,(H,15,16). The van der Waals surface area contributed by atoms with Crippen molar-refractivity contribution in [2.24, 2.45) is 0 Å². The first-order chi connectivity index (χ1) is 9.40. The number of rotatable bonds is 5. The Hall–Kier alpha value is -2.19. The van der Waals surface area contributed by atoms with Gasteiger partial charge in [0.15, 0.2) is 0 Å². The van der Waals surface area contributed by atoms with Crippen LogP contribution in [0.25, 0.3) is 0 Å². The number of aryl methyl sites for hydroxylation is 1. The number of carboxylic acids is 1. The summed E-state index contributed by atoms with van der Waals surface area (Å²) in [6.07, 6.45) is 1.33. The minimum Gasteiger partial charge on any atom is -0.478 e. The zero-order valence-corrected chi connectivity index (χ0v) is 11.3. The van der Waals surface area contributed by atoms with Gasteiger partial charge in [-0.15, -0.1) is 0 Å². The number of aromatic carboxylic acids is 1. The van der Waals surface area contributed by atoms with E-state index in [0.29, 0.717) is 11.3 Å². The van der Waals surface area contributed by atoms with Gasteiger partial charge in [-0.05, 0) is 24.6 Å². The molecule has 0 saturated carbocycles. The molecule has 2 N–H and O–H groups in total. The molecule has 0 aliphatic carbocycles. The largest absolute Gasteiger partial charge is 0.478 e. The van der Waals surface area contributed by atoms with Gasteiger partial charge >= 0.3 is 5.97 Å². The summed E-state index contributed by atoms with van der Waals surface area (Å²) in [4.78, 5) is 10.9. The molecule has 0 saturated heterocycles. The molecule has 0 fully saturated rings. The third kappa shape index (κ3) is 3.03. The molecule has 0 unspecified atom stereocenters. The molecule has 0 spiro atoms. The van der Waals surface area contributed by atoms with Crippen LogP contribution in [-0.4, -0.2) is 24.7 Å². The fraction of sp³-hybridized carbons (Fsp3) is 0.167. The van der Waals surface area contributed by atoms with Crippen LogP contribution in [0.3, 0.4) is 0 Å². The van der Waals surface area contributed by atoms with E-state index in [2.05, 4.69) is 14.4 Å². The van der Waals surface area contributed by atoms with E-state index < -0.39 is 16.0 Å². The molecule has 0 atom stereocenters. The van der Waals surface area contributed by atoms with Gasteiger partial charge in [-0.2, -0.15) is 0 Å². The summed E-state index contributed by atoms with van der Waals surface area (Å²) in [6, 6.07) is 5.46. The van der Waals surface area contributed by atoms with E-state index in [9.17, 15) is 13.2 Å². The molecule has 2 aromatic rings. The lowest BCUT2D eigenvalue weighted by molar-refractivity contribution is 0.0696. The van der Waals surface area contributed by atoms with Crippen LogP contribution in [-0.2, 0) is 16.6 Å². The first-order valence-electron chi connectivity index (χ1n) is 5.63. The predicted molar refractivity (Wildman–Crippen MR) is 68.7 cm³/mol. The van der Waals surface area contributed by atoms with Gasteiger partial charge in [0.25, 0.3) is 0 Å². The molecule has 1 heterocycles. The first kappa shape index (κ1) is 14.2. The lowest BCUT2D eigenvalue weighted by Gasteiger charge is -2.07. The second-order valence-electron chi connectivity index (χ2n) is 4.10. The highest BCUT2D eigenvalue weighted by atomic mass is 32.2. The van der Waals surface area contributed by atoms with Gasteiger partial charge in [-0.1, -0.05) is 11.2 Å². The van der Waals surface area contributed by atoms with Crippen molar-refractivity contribution in [1.29, 1.82) is 0 Å². The Morgan fingerprint density at radius 3 is 2.75 bits per heavy atom. The average Bonchev–Trinajstić information content (AvgIpc) is 2.89. The van der Waals surface area contributed by atoms with Crippen LogP contribution >= 0.6 is 0 Å². The van der Waals surface area contributed by atoms with E-state index in [1.807, 2.05) is 0 Å². The van der Waals surface area contributed by atoms with Crippen molar-refractivity contribution in [3.05, 3.63) is 47.3 Å². The molecular weight excluding hydrogens is 284 g/mol. The minimum atomic E-state index is -3.80. The van der Waals surface area contributed by atoms with Gasteiger partial charge in [0.1, 0.15) is 6.26 Å². The summed E-state index contributed by atoms with van der Waals surface area (Å²) >= 11 is 0. The number of carboxylic acid groups (broad SMARTS) is 1. The van der Waals surface area contributed by atoms with Gasteiger partial charge in [0.2, 0.25) is 10.0 Å². The Balaban J connectivity index is 2.25. The lowest BCUT2D eigenvalue weighted by atomic mass is 10.1. The van der Waals surface area contributed by atoms with Gasteiger partial charge in [-0.25, -0.2) is 17.9 Å². The maximum atomic E-state index is 12.1. The highest BCUT2D eigenvalue weighted by Crippen LogP contribution is 2.16. The maximum Gasteiger partial charge on any atom is 0.335 e. The van der Waals surface area contributed by atoms with Gasteiger partial charge in [-0.3, -0.25) is 0 Å². The van der Waals surface area contributed by atoms with Gasteiger partial charge in [0.05, 0.1) is 22.7 Å². The highest BCUT2D eigenvalue weighted by molar-refractivity contribution is 7.89. The number of aromatic nitrogens is 1. The van der Waals surface area contributed by atoms with E-state index in [1.165, 1.54) is 24.5 Å². The zero-order chi connectivity index (χ0) is 14.8. The Bertz CT molecular complexity index is 722. The van der Waals surface area contributed by atoms with E-state index in [1.54, 1.807) is 6.92 Å². The van der Waals surface area contributed by atoms with Crippen molar-refractivity contribution < 1.29 is 22.8 Å². The second kappa shape index (κ2) is 5.43. The van der Waals surface area contributed by atoms with Crippen molar-refractivity contribution in [3.63, 3.8) is 0 Å². The molecule has 7 nitrogen and oxygen atoms in total. The molecule has 0 aliphatic rings. The zero-order valence-electron chi connectivity index (χ0n) is 10.5. The average molecular weight is 296 g/mol. The number of sulfonamides is 1. The third-order valence-electron chi connectivity index (χ3n) is 2.68. The summed E-state index contributed by atoms with van der Waals surface area (Å²) in [6.45, 7) is 1.57. The molecule has 106 valence electrons. The summed E-state index contributed by atoms with van der Waals surface area (Å²) in [5.74, 6) is -1.17. The minimum absolute atomic E-state index is 0.0326. The molecule has 0 amide bonds. The summed E-state index contributed by atoms with van der Waals surface area (Å²) < 4.78 is 31.0. The van der Waals surface area contributed by atoms with E-state index in [-0.39, 0.29) is 17.0 Å². The van der Waals surface area contributed by atoms with Crippen LogP contribution in [0.4, 0.5) is 0 Å². The Kier molecular flexibility index (Phi) is 3.86. The topological polar surface area (TPSA) is 110 Å². The van der Waals surface area contributed by atoms with Crippen molar-refractivity contribution in [2.75, 3.05) is 0 Å². The number of hydrogen-bond acceptors (Lipinski definition) is 5. The highest BCUT2D eigenvalue weighted by Gasteiger charge is 2.17. The number of nitrogens with one attached hydrogen (secondary N) is 1. The van der Waals surface area contributed by atoms with Crippen LogP contribution in [0.5, 0.6) is 0 Å². The molecule has 8 heteroatoms. The molecule has 0 aliphatic heterocycles. The molecule has 0 radical (unpaired) electrons. The molecule has 2 rings (SSSR count). The fourth-order valence-corrected chi connectivity index (χ4v) is 2.60. The second-order valence-corrected chi connectivity index (χ2v) is 5.86. The van der Waals surface area contributed by atoms with Gasteiger partial charge in [0, 0.05) is 6.07 Å². The van der Waals surface area contributed by atoms with Crippen LogP contribution in [0.15, 0.2) is 39.9 Å². The SMILES string of the molecule is Cc1ccc(S(=O)(=O)NCc2ccon2)cc1C(=O)O. The van der Waals surface area contributed by atoms with Crippen LogP contribution in [0.1, 0.15) is 21.6 Å². The number of benzene rings is 1. The third-order valence-corrected chi connectivity index (χ3v) is 4.08. The van der Waals surface area contributed by atoms with Crippen molar-refractivity contribution in [2.45, 2.75) is 18.4 Å². The van der Waals surface area contributed by atoms with Crippen LogP contribution in [0.2, 0.25) is 0 Å². The molecule has 1 aromatic heterocycles. The first-order valence-corrected chi connectivity index (χ1v) is 7.11. The quantitative estimate of drug-likeness (QED) is 0.856. The van der Waals surface area contributed by atoms with Crippen LogP contribution < -0.4 is 4.72 Å². The van der Waals surface area contributed by atoms with Crippen molar-refractivity contribution in [1.82, 2.24) is 9.88 Å². The molecule has 20 heavy (non-hydrogen) atoms. The van der Waals surface area contributed by atoms with E-state index >= 15 is 0 Å². The molecule has 0 bridgehead atoms. The number of hydrogen-bond donors (Lipinski definition) is 2. The molecule has 1 aromatic carbocycles. The van der Waals surface area contributed by atoms with Crippen molar-refractivity contribution >= 4 is 16.0 Å². The van der Waals surface area contributed by atoms with Crippen molar-refractivity contribution in [3.8, 4) is 0 Å². The normalized spacial score (nSPS) is 11.4. The smallest absolute Gasteiger partial charge is 0.335 e. The summed E-state index contributed by atoms with van der Waals surface area (Å²) in [7, 11) is -3.80. The Labute approximate surface area is 115 Å². The lowest BCUT2D eigenvalue weighted by Crippen LogP contribution is -2.23. The summed E-state index contributed by atoms with van der Waals surface area (Å²) in [5, 5.41) is 12.6. The molecular formula is C12H12N2O5S. The Morgan fingerprint density at radius 2 is 2.15 bits per heavy atom. The predicted octanol–water partition coefficient (Wildman–Crippen LogP) is 1.16. The van der Waals surface area contributed by atoms with E-state index in [4.69, 9.17) is 5.11 Å². The number of carbonyl (C=O) groups is 1. The monoisotopic (exact) mass is 296 g/mol. The maximum absolute atomic E-state index is 12.1. The van der Waals surface area contributed by atoms with Crippen LogP contribution in [0, 0.1) is 6.92 Å².